The molecule has 6 nitrogen and oxygen atoms in total. The lowest BCUT2D eigenvalue weighted by Crippen LogP contribution is -2.04. The summed E-state index contributed by atoms with van der Waals surface area (Å²) in [6.07, 6.45) is 7.10. The number of fused-ring (bicyclic) bond motifs is 1. The minimum atomic E-state index is -0.452. The lowest BCUT2D eigenvalue weighted by molar-refractivity contribution is 0.135. The first-order valence-electron chi connectivity index (χ1n) is 8.32. The molecule has 8 heteroatoms. The Morgan fingerprint density at radius 2 is 2.27 bits per heavy atom. The summed E-state index contributed by atoms with van der Waals surface area (Å²) in [5.74, 6) is 0.745. The van der Waals surface area contributed by atoms with E-state index in [0.717, 1.165) is 9.13 Å². The highest BCUT2D eigenvalue weighted by Gasteiger charge is 2.22. The summed E-state index contributed by atoms with van der Waals surface area (Å²) in [4.78, 5) is 16.7. The van der Waals surface area contributed by atoms with Crippen molar-refractivity contribution in [1.82, 2.24) is 15.0 Å². The molecule has 3 aromatic rings. The topological polar surface area (TPSA) is 75.2 Å². The fraction of sp³-hybridized carbons (Fsp3) is 0.278. The van der Waals surface area contributed by atoms with Gasteiger partial charge >= 0.3 is 0 Å². The number of aromatic nitrogens is 3. The second kappa shape index (κ2) is 7.18. The van der Waals surface area contributed by atoms with Gasteiger partial charge in [0, 0.05) is 15.3 Å². The average molecular weight is 465 g/mol. The Labute approximate surface area is 163 Å². The van der Waals surface area contributed by atoms with Crippen molar-refractivity contribution in [2.45, 2.75) is 19.8 Å². The highest BCUT2D eigenvalue weighted by Crippen LogP contribution is 2.30. The Kier molecular flexibility index (Phi) is 4.75. The predicted octanol–water partition coefficient (Wildman–Crippen LogP) is 4.51. The molecule has 2 N–H and O–H groups in total. The molecular weight excluding hydrogens is 448 g/mol. The second-order valence-corrected chi connectivity index (χ2v) is 7.62. The molecule has 0 atom stereocenters. The lowest BCUT2D eigenvalue weighted by atomic mass is 10.1. The molecule has 0 unspecified atom stereocenters. The van der Waals surface area contributed by atoms with Crippen LogP contribution in [0.2, 0.25) is 0 Å². The van der Waals surface area contributed by atoms with E-state index in [1.165, 1.54) is 25.4 Å². The molecule has 0 amide bonds. The predicted molar refractivity (Wildman–Crippen MR) is 107 cm³/mol. The zero-order chi connectivity index (χ0) is 18.1. The van der Waals surface area contributed by atoms with Crippen molar-refractivity contribution in [1.29, 1.82) is 0 Å². The van der Waals surface area contributed by atoms with E-state index >= 15 is 4.39 Å². The van der Waals surface area contributed by atoms with Crippen LogP contribution in [-0.2, 0) is 4.84 Å². The average Bonchev–Trinajstić information content (AvgIpc) is 3.32. The number of H-pyrrole nitrogens is 1. The van der Waals surface area contributed by atoms with Crippen molar-refractivity contribution in [2.24, 2.45) is 11.1 Å². The van der Waals surface area contributed by atoms with Crippen LogP contribution in [0.1, 0.15) is 24.0 Å². The van der Waals surface area contributed by atoms with Gasteiger partial charge in [0.15, 0.2) is 5.82 Å². The van der Waals surface area contributed by atoms with E-state index in [4.69, 9.17) is 4.84 Å². The molecule has 0 aliphatic heterocycles. The number of nitrogens with one attached hydrogen (secondary N) is 2. The maximum atomic E-state index is 15.0. The third-order valence-electron chi connectivity index (χ3n) is 4.25. The van der Waals surface area contributed by atoms with Gasteiger partial charge in [0.2, 0.25) is 0 Å². The number of oxime groups is 1. The molecular formula is C18H17FIN5O. The minimum Gasteiger partial charge on any atom is -0.396 e. The first kappa shape index (κ1) is 17.2. The number of hydrogen-bond donors (Lipinski definition) is 2. The summed E-state index contributed by atoms with van der Waals surface area (Å²) in [5.41, 5.74) is 2.64. The van der Waals surface area contributed by atoms with Crippen LogP contribution in [0.15, 0.2) is 29.8 Å². The van der Waals surface area contributed by atoms with Crippen LogP contribution in [0.5, 0.6) is 0 Å². The molecule has 0 spiro atoms. The van der Waals surface area contributed by atoms with Gasteiger partial charge in [-0.2, -0.15) is 0 Å². The number of benzene rings is 1. The van der Waals surface area contributed by atoms with E-state index in [9.17, 15) is 0 Å². The molecule has 1 saturated carbocycles. The number of aromatic amines is 1. The van der Waals surface area contributed by atoms with Crippen molar-refractivity contribution in [2.75, 3.05) is 11.9 Å². The minimum absolute atomic E-state index is 0.270. The van der Waals surface area contributed by atoms with Gasteiger partial charge in [-0.1, -0.05) is 5.16 Å². The van der Waals surface area contributed by atoms with Crippen LogP contribution >= 0.6 is 22.6 Å². The fourth-order valence-corrected chi connectivity index (χ4v) is 3.21. The molecule has 134 valence electrons. The fourth-order valence-electron chi connectivity index (χ4n) is 2.61. The SMILES string of the molecule is Cc1cc(I)cnc1Nc1c(/C=N/OCC2CC2)cc2[nH]cnc2c1F. The number of nitrogens with zero attached hydrogens (tertiary/aromatic N) is 3. The van der Waals surface area contributed by atoms with E-state index in [1.807, 2.05) is 13.0 Å². The highest BCUT2D eigenvalue weighted by atomic mass is 127. The van der Waals surface area contributed by atoms with Gasteiger partial charge in [0.25, 0.3) is 0 Å². The van der Waals surface area contributed by atoms with E-state index in [1.54, 1.807) is 12.3 Å². The number of imidazole rings is 1. The largest absolute Gasteiger partial charge is 0.396 e. The Morgan fingerprint density at radius 1 is 1.42 bits per heavy atom. The number of anilines is 2. The normalized spacial score (nSPS) is 14.3. The molecule has 1 fully saturated rings. The smallest absolute Gasteiger partial charge is 0.175 e. The van der Waals surface area contributed by atoms with E-state index in [2.05, 4.69) is 48.0 Å². The Bertz CT molecular complexity index is 983. The third-order valence-corrected chi connectivity index (χ3v) is 4.84. The van der Waals surface area contributed by atoms with Gasteiger partial charge in [0.1, 0.15) is 17.9 Å². The monoisotopic (exact) mass is 465 g/mol. The van der Waals surface area contributed by atoms with Crippen molar-refractivity contribution >= 4 is 51.3 Å². The number of pyridine rings is 1. The summed E-state index contributed by atoms with van der Waals surface area (Å²) >= 11 is 2.19. The van der Waals surface area contributed by atoms with Gasteiger partial charge in [-0.15, -0.1) is 0 Å². The van der Waals surface area contributed by atoms with Crippen LogP contribution in [-0.4, -0.2) is 27.8 Å². The molecule has 1 aliphatic carbocycles. The van der Waals surface area contributed by atoms with Gasteiger partial charge in [0.05, 0.1) is 23.7 Å². The van der Waals surface area contributed by atoms with Gasteiger partial charge in [-0.3, -0.25) is 0 Å². The van der Waals surface area contributed by atoms with Crippen LogP contribution in [0.25, 0.3) is 11.0 Å². The van der Waals surface area contributed by atoms with Gasteiger partial charge in [-0.25, -0.2) is 14.4 Å². The first-order chi connectivity index (χ1) is 12.6. The molecule has 1 aromatic carbocycles. The van der Waals surface area contributed by atoms with Gasteiger partial charge < -0.3 is 15.1 Å². The van der Waals surface area contributed by atoms with Crippen molar-refractivity contribution in [3.05, 3.63) is 45.2 Å². The molecule has 0 saturated heterocycles. The first-order valence-corrected chi connectivity index (χ1v) is 9.40. The van der Waals surface area contributed by atoms with Crippen molar-refractivity contribution < 1.29 is 9.23 Å². The highest BCUT2D eigenvalue weighted by molar-refractivity contribution is 14.1. The standard InChI is InChI=1S/C18H17FIN5O/c1-10-4-13(20)7-21-18(10)25-16-12(6-24-26-8-11-2-3-11)5-14-17(15(16)19)23-9-22-14/h4-7,9,11H,2-3,8H2,1H3,(H,21,25)(H,22,23)/b24-6+. The zero-order valence-electron chi connectivity index (χ0n) is 14.1. The van der Waals surface area contributed by atoms with Crippen molar-refractivity contribution in [3.8, 4) is 0 Å². The molecule has 1 aliphatic rings. The maximum Gasteiger partial charge on any atom is 0.175 e. The number of rotatable bonds is 6. The molecule has 4 rings (SSSR count). The summed E-state index contributed by atoms with van der Waals surface area (Å²) in [6, 6.07) is 3.77. The van der Waals surface area contributed by atoms with Crippen LogP contribution in [0, 0.1) is 22.2 Å². The molecule has 26 heavy (non-hydrogen) atoms. The number of halogens is 2. The lowest BCUT2D eigenvalue weighted by Gasteiger charge is -2.12. The maximum absolute atomic E-state index is 15.0. The molecule has 0 radical (unpaired) electrons. The molecule has 2 heterocycles. The van der Waals surface area contributed by atoms with E-state index < -0.39 is 5.82 Å². The Hall–Kier alpha value is -2.23. The van der Waals surface area contributed by atoms with Crippen LogP contribution in [0.3, 0.4) is 0 Å². The summed E-state index contributed by atoms with van der Waals surface area (Å²) in [6.45, 7) is 2.53. The Morgan fingerprint density at radius 3 is 3.04 bits per heavy atom. The van der Waals surface area contributed by atoms with E-state index in [0.29, 0.717) is 29.4 Å². The number of hydrogen-bond acceptors (Lipinski definition) is 5. The van der Waals surface area contributed by atoms with Crippen molar-refractivity contribution in [3.63, 3.8) is 0 Å². The van der Waals surface area contributed by atoms with Crippen LogP contribution in [0.4, 0.5) is 15.9 Å². The van der Waals surface area contributed by atoms with Crippen LogP contribution < -0.4 is 5.32 Å². The summed E-state index contributed by atoms with van der Waals surface area (Å²) in [5, 5.41) is 7.10. The van der Waals surface area contributed by atoms with Gasteiger partial charge in [-0.05, 0) is 66.0 Å². The molecule has 0 bridgehead atoms. The number of aryl methyl sites for hydroxylation is 1. The Balaban J connectivity index is 1.69. The summed E-state index contributed by atoms with van der Waals surface area (Å²) < 4.78 is 16.0. The molecule has 2 aromatic heterocycles. The third kappa shape index (κ3) is 3.64. The quantitative estimate of drug-likeness (QED) is 0.319. The second-order valence-electron chi connectivity index (χ2n) is 6.37. The zero-order valence-corrected chi connectivity index (χ0v) is 16.2. The summed E-state index contributed by atoms with van der Waals surface area (Å²) in [7, 11) is 0. The van der Waals surface area contributed by atoms with E-state index in [-0.39, 0.29) is 11.2 Å².